The summed E-state index contributed by atoms with van der Waals surface area (Å²) >= 11 is 7.56. The molecular formula is C23H23ClN6O3S. The molecule has 0 unspecified atom stereocenters. The Morgan fingerprint density at radius 1 is 1.12 bits per heavy atom. The van der Waals surface area contributed by atoms with Gasteiger partial charge in [0.15, 0.2) is 5.13 Å². The Balaban J connectivity index is 1.32. The van der Waals surface area contributed by atoms with Crippen molar-refractivity contribution >= 4 is 67.1 Å². The van der Waals surface area contributed by atoms with Gasteiger partial charge in [0.05, 0.1) is 34.5 Å². The van der Waals surface area contributed by atoms with Gasteiger partial charge in [-0.2, -0.15) is 0 Å². The number of aryl methyl sites for hydroxylation is 1. The number of amides is 2. The normalized spacial score (nSPS) is 15.0. The van der Waals surface area contributed by atoms with Crippen LogP contribution in [0.2, 0.25) is 5.02 Å². The number of anilines is 2. The monoisotopic (exact) mass is 498 g/mol. The first-order valence-electron chi connectivity index (χ1n) is 10.9. The third kappa shape index (κ3) is 4.44. The zero-order valence-corrected chi connectivity index (χ0v) is 20.2. The lowest BCUT2D eigenvalue weighted by Crippen LogP contribution is -2.50. The molecular weight excluding hydrogens is 476 g/mol. The van der Waals surface area contributed by atoms with Crippen molar-refractivity contribution in [2.24, 2.45) is 7.05 Å². The molecule has 0 aliphatic carbocycles. The minimum atomic E-state index is -0.630. The number of aromatic nitrogens is 3. The fourth-order valence-corrected chi connectivity index (χ4v) is 5.04. The van der Waals surface area contributed by atoms with Gasteiger partial charge in [0.1, 0.15) is 6.04 Å². The van der Waals surface area contributed by atoms with E-state index in [4.69, 9.17) is 16.3 Å². The molecule has 2 aromatic carbocycles. The maximum atomic E-state index is 12.8. The van der Waals surface area contributed by atoms with Crippen LogP contribution in [-0.2, 0) is 16.6 Å². The molecule has 9 nitrogen and oxygen atoms in total. The molecule has 1 atom stereocenters. The number of fused-ring (bicyclic) bond motifs is 2. The van der Waals surface area contributed by atoms with Crippen molar-refractivity contribution in [2.75, 3.05) is 31.6 Å². The van der Waals surface area contributed by atoms with Crippen LogP contribution in [0.25, 0.3) is 21.3 Å². The Morgan fingerprint density at radius 3 is 2.71 bits per heavy atom. The van der Waals surface area contributed by atoms with E-state index in [0.29, 0.717) is 53.5 Å². The number of carbonyl (C=O) groups excluding carboxylic acids is 2. The van der Waals surface area contributed by atoms with Gasteiger partial charge in [-0.05, 0) is 43.3 Å². The van der Waals surface area contributed by atoms with Gasteiger partial charge < -0.3 is 24.8 Å². The second-order valence-corrected chi connectivity index (χ2v) is 9.55. The summed E-state index contributed by atoms with van der Waals surface area (Å²) in [6, 6.07) is 10.2. The lowest BCUT2D eigenvalue weighted by molar-refractivity contribution is -0.136. The topological polar surface area (TPSA) is 101 Å². The van der Waals surface area contributed by atoms with E-state index in [2.05, 4.69) is 20.6 Å². The molecule has 2 aromatic heterocycles. The Labute approximate surface area is 204 Å². The van der Waals surface area contributed by atoms with Crippen LogP contribution in [0.1, 0.15) is 17.3 Å². The standard InChI is InChI=1S/C23H23ClN6O3S/c1-13(21(32)30-7-9-33-10-8-30)25-20(31)14-3-6-18-17(11-14)26-22(29(18)2)28-23-27-16-5-4-15(24)12-19(16)34-23/h3-6,11-13H,7-10H2,1-2H3,(H,25,31)(H,26,27,28)/t13-/m0/s1. The molecule has 5 rings (SSSR count). The molecule has 2 N–H and O–H groups in total. The number of imidazole rings is 1. The number of nitrogens with zero attached hydrogens (tertiary/aromatic N) is 4. The third-order valence-electron chi connectivity index (χ3n) is 5.75. The summed E-state index contributed by atoms with van der Waals surface area (Å²) in [5.74, 6) is 0.173. The van der Waals surface area contributed by atoms with Gasteiger partial charge in [-0.25, -0.2) is 9.97 Å². The van der Waals surface area contributed by atoms with Crippen molar-refractivity contribution < 1.29 is 14.3 Å². The summed E-state index contributed by atoms with van der Waals surface area (Å²) in [7, 11) is 1.89. The molecule has 3 heterocycles. The van der Waals surface area contributed by atoms with Gasteiger partial charge in [0.25, 0.3) is 5.91 Å². The molecule has 4 aromatic rings. The van der Waals surface area contributed by atoms with Crippen LogP contribution in [0.4, 0.5) is 11.1 Å². The van der Waals surface area contributed by atoms with Crippen LogP contribution in [0.3, 0.4) is 0 Å². The Hall–Kier alpha value is -3.21. The molecule has 1 aliphatic heterocycles. The molecule has 0 radical (unpaired) electrons. The molecule has 176 valence electrons. The number of rotatable bonds is 5. The number of hydrogen-bond acceptors (Lipinski definition) is 7. The first-order valence-corrected chi connectivity index (χ1v) is 12.1. The first kappa shape index (κ1) is 22.6. The van der Waals surface area contributed by atoms with Gasteiger partial charge >= 0.3 is 0 Å². The number of halogens is 1. The van der Waals surface area contributed by atoms with E-state index in [1.54, 1.807) is 24.0 Å². The van der Waals surface area contributed by atoms with E-state index in [1.807, 2.05) is 35.9 Å². The number of carbonyl (C=O) groups is 2. The number of ether oxygens (including phenoxy) is 1. The van der Waals surface area contributed by atoms with E-state index < -0.39 is 6.04 Å². The number of nitrogens with one attached hydrogen (secondary N) is 2. The molecule has 1 aliphatic rings. The van der Waals surface area contributed by atoms with Gasteiger partial charge in [0.2, 0.25) is 11.9 Å². The molecule has 0 bridgehead atoms. The van der Waals surface area contributed by atoms with Crippen LogP contribution in [-0.4, -0.2) is 63.6 Å². The highest BCUT2D eigenvalue weighted by Gasteiger charge is 2.24. The largest absolute Gasteiger partial charge is 0.378 e. The average Bonchev–Trinajstić information content (AvgIpc) is 3.38. The minimum Gasteiger partial charge on any atom is -0.378 e. The van der Waals surface area contributed by atoms with Gasteiger partial charge in [-0.15, -0.1) is 0 Å². The maximum absolute atomic E-state index is 12.8. The van der Waals surface area contributed by atoms with Crippen LogP contribution in [0.15, 0.2) is 36.4 Å². The highest BCUT2D eigenvalue weighted by atomic mass is 35.5. The van der Waals surface area contributed by atoms with Crippen LogP contribution in [0, 0.1) is 0 Å². The van der Waals surface area contributed by atoms with Crippen molar-refractivity contribution in [1.82, 2.24) is 24.8 Å². The Bertz CT molecular complexity index is 1390. The van der Waals surface area contributed by atoms with E-state index in [-0.39, 0.29) is 11.8 Å². The summed E-state index contributed by atoms with van der Waals surface area (Å²) in [4.78, 5) is 36.4. The fraction of sp³-hybridized carbons (Fsp3) is 0.304. The highest BCUT2D eigenvalue weighted by molar-refractivity contribution is 7.22. The average molecular weight is 499 g/mol. The zero-order chi connectivity index (χ0) is 23.8. The maximum Gasteiger partial charge on any atom is 0.251 e. The highest BCUT2D eigenvalue weighted by Crippen LogP contribution is 2.31. The number of morpholine rings is 1. The van der Waals surface area contributed by atoms with Crippen molar-refractivity contribution in [1.29, 1.82) is 0 Å². The van der Waals surface area contributed by atoms with E-state index in [0.717, 1.165) is 15.7 Å². The summed E-state index contributed by atoms with van der Waals surface area (Å²) in [5.41, 5.74) is 2.82. The summed E-state index contributed by atoms with van der Waals surface area (Å²) in [5, 5.41) is 7.42. The predicted octanol–water partition coefficient (Wildman–Crippen LogP) is 3.56. The summed E-state index contributed by atoms with van der Waals surface area (Å²) in [6.07, 6.45) is 0. The second kappa shape index (κ2) is 9.21. The van der Waals surface area contributed by atoms with E-state index >= 15 is 0 Å². The van der Waals surface area contributed by atoms with E-state index in [9.17, 15) is 9.59 Å². The molecule has 0 spiro atoms. The minimum absolute atomic E-state index is 0.112. The predicted molar refractivity (Wildman–Crippen MR) is 133 cm³/mol. The van der Waals surface area contributed by atoms with Crippen LogP contribution >= 0.6 is 22.9 Å². The zero-order valence-electron chi connectivity index (χ0n) is 18.7. The van der Waals surface area contributed by atoms with Crippen molar-refractivity contribution in [2.45, 2.75) is 13.0 Å². The SMILES string of the molecule is C[C@H](NC(=O)c1ccc2c(c1)nc(Nc1nc3ccc(Cl)cc3s1)n2C)C(=O)N1CCOCC1. The molecule has 11 heteroatoms. The molecule has 1 saturated heterocycles. The molecule has 34 heavy (non-hydrogen) atoms. The van der Waals surface area contributed by atoms with Crippen molar-refractivity contribution in [3.8, 4) is 0 Å². The second-order valence-electron chi connectivity index (χ2n) is 8.09. The lowest BCUT2D eigenvalue weighted by atomic mass is 10.1. The third-order valence-corrected chi connectivity index (χ3v) is 6.92. The van der Waals surface area contributed by atoms with Crippen LogP contribution in [0.5, 0.6) is 0 Å². The summed E-state index contributed by atoms with van der Waals surface area (Å²) in [6.45, 7) is 3.81. The van der Waals surface area contributed by atoms with Gasteiger partial charge in [-0.1, -0.05) is 22.9 Å². The van der Waals surface area contributed by atoms with Gasteiger partial charge in [0, 0.05) is 30.7 Å². The smallest absolute Gasteiger partial charge is 0.251 e. The van der Waals surface area contributed by atoms with Crippen molar-refractivity contribution in [3.05, 3.63) is 47.0 Å². The molecule has 2 amide bonds. The Kier molecular flexibility index (Phi) is 6.11. The van der Waals surface area contributed by atoms with E-state index in [1.165, 1.54) is 11.3 Å². The molecule has 1 fully saturated rings. The number of benzene rings is 2. The van der Waals surface area contributed by atoms with Crippen LogP contribution < -0.4 is 10.6 Å². The lowest BCUT2D eigenvalue weighted by Gasteiger charge is -2.29. The Morgan fingerprint density at radius 2 is 1.91 bits per heavy atom. The quantitative estimate of drug-likeness (QED) is 0.436. The number of hydrogen-bond donors (Lipinski definition) is 2. The summed E-state index contributed by atoms with van der Waals surface area (Å²) < 4.78 is 8.17. The first-order chi connectivity index (χ1) is 16.4. The number of thiazole rings is 1. The molecule has 0 saturated carbocycles. The van der Waals surface area contributed by atoms with Crippen molar-refractivity contribution in [3.63, 3.8) is 0 Å². The van der Waals surface area contributed by atoms with Gasteiger partial charge in [-0.3, -0.25) is 9.59 Å². The fourth-order valence-electron chi connectivity index (χ4n) is 3.90.